The summed E-state index contributed by atoms with van der Waals surface area (Å²) >= 11 is 0. The fraction of sp³-hybridized carbons (Fsp3) is 1.00. The fourth-order valence-corrected chi connectivity index (χ4v) is 4.87. The quantitative estimate of drug-likeness (QED) is 0.383. The first-order chi connectivity index (χ1) is 11.4. The van der Waals surface area contributed by atoms with Gasteiger partial charge in [0, 0.05) is 41.7 Å². The minimum absolute atomic E-state index is 0. The van der Waals surface area contributed by atoms with E-state index in [0.717, 1.165) is 35.5 Å². The molecule has 0 aliphatic heterocycles. The van der Waals surface area contributed by atoms with Crippen molar-refractivity contribution in [3.8, 4) is 0 Å². The van der Waals surface area contributed by atoms with Crippen LogP contribution in [0.5, 0.6) is 0 Å². The predicted octanol–water partition coefficient (Wildman–Crippen LogP) is 8.50. The third kappa shape index (κ3) is 11.7. The maximum absolute atomic E-state index is 2.34. The van der Waals surface area contributed by atoms with Gasteiger partial charge in [0.2, 0.25) is 0 Å². The Balaban J connectivity index is 0.000000339. The van der Waals surface area contributed by atoms with Gasteiger partial charge in [-0.05, 0) is 35.5 Å². The van der Waals surface area contributed by atoms with Crippen molar-refractivity contribution >= 4 is 0 Å². The number of rotatable bonds is 3. The molecular weight excluding hydrogens is 428 g/mol. The standard InChI is InChI=1S/3C8H16.Ce/c3*1-7(2)8-5-3-4-6-8;/h3*7-8H,3-6H2,1-2H3;. The van der Waals surface area contributed by atoms with Crippen LogP contribution < -0.4 is 0 Å². The molecule has 0 radical (unpaired) electrons. The van der Waals surface area contributed by atoms with E-state index in [2.05, 4.69) is 41.5 Å². The van der Waals surface area contributed by atoms with Crippen LogP contribution in [-0.4, -0.2) is 0 Å². The normalized spacial score (nSPS) is 22.0. The Labute approximate surface area is 194 Å². The van der Waals surface area contributed by atoms with Crippen molar-refractivity contribution in [2.24, 2.45) is 35.5 Å². The molecule has 0 saturated heterocycles. The van der Waals surface area contributed by atoms with Crippen LogP contribution in [0.3, 0.4) is 0 Å². The van der Waals surface area contributed by atoms with Gasteiger partial charge >= 0.3 is 0 Å². The summed E-state index contributed by atoms with van der Waals surface area (Å²) in [6, 6.07) is 0. The second-order valence-corrected chi connectivity index (χ2v) is 9.87. The summed E-state index contributed by atoms with van der Waals surface area (Å²) in [7, 11) is 0. The van der Waals surface area contributed by atoms with Crippen LogP contribution in [0.4, 0.5) is 0 Å². The van der Waals surface area contributed by atoms with Gasteiger partial charge in [-0.2, -0.15) is 0 Å². The van der Waals surface area contributed by atoms with Crippen molar-refractivity contribution in [2.75, 3.05) is 0 Å². The Bertz CT molecular complexity index is 229. The van der Waals surface area contributed by atoms with Crippen molar-refractivity contribution in [1.29, 1.82) is 0 Å². The number of hydrogen-bond donors (Lipinski definition) is 0. The molecule has 0 N–H and O–H groups in total. The third-order valence-corrected chi connectivity index (χ3v) is 7.03. The Morgan fingerprint density at radius 2 is 0.560 bits per heavy atom. The predicted molar refractivity (Wildman–Crippen MR) is 110 cm³/mol. The molecule has 3 rings (SSSR count). The van der Waals surface area contributed by atoms with Crippen molar-refractivity contribution in [3.05, 3.63) is 0 Å². The molecule has 0 aromatic heterocycles. The smallest absolute Gasteiger partial charge is 0 e. The molecule has 0 aromatic rings. The summed E-state index contributed by atoms with van der Waals surface area (Å²) in [4.78, 5) is 0. The minimum Gasteiger partial charge on any atom is -0.0625 e. The molecule has 0 amide bonds. The molecule has 0 spiro atoms. The van der Waals surface area contributed by atoms with E-state index in [1.165, 1.54) is 77.0 Å². The van der Waals surface area contributed by atoms with Gasteiger partial charge in [0.05, 0.1) is 0 Å². The van der Waals surface area contributed by atoms with E-state index in [9.17, 15) is 0 Å². The SMILES string of the molecule is CC(C)C1CCCC1.CC(C)C1CCCC1.CC(C)C1CCCC1.[Ce]. The Morgan fingerprint density at radius 3 is 0.640 bits per heavy atom. The monoisotopic (exact) mass is 476 g/mol. The van der Waals surface area contributed by atoms with Crippen LogP contribution in [0.25, 0.3) is 0 Å². The molecule has 3 aliphatic rings. The van der Waals surface area contributed by atoms with Gasteiger partial charge in [0.15, 0.2) is 0 Å². The molecule has 0 nitrogen and oxygen atoms in total. The van der Waals surface area contributed by atoms with Crippen molar-refractivity contribution in [1.82, 2.24) is 0 Å². The van der Waals surface area contributed by atoms with E-state index in [1.807, 2.05) is 0 Å². The first-order valence-electron chi connectivity index (χ1n) is 11.4. The second-order valence-electron chi connectivity index (χ2n) is 9.87. The van der Waals surface area contributed by atoms with Gasteiger partial charge in [-0.25, -0.2) is 0 Å². The molecule has 3 fully saturated rings. The summed E-state index contributed by atoms with van der Waals surface area (Å²) in [5.41, 5.74) is 0. The van der Waals surface area contributed by atoms with Crippen LogP contribution in [0, 0.1) is 77.3 Å². The van der Waals surface area contributed by atoms with Gasteiger partial charge in [-0.1, -0.05) is 119 Å². The van der Waals surface area contributed by atoms with E-state index in [-0.39, 0.29) is 41.7 Å². The summed E-state index contributed by atoms with van der Waals surface area (Å²) in [6.45, 7) is 14.1. The molecule has 1 heteroatoms. The van der Waals surface area contributed by atoms with Gasteiger partial charge < -0.3 is 0 Å². The molecule has 3 saturated carbocycles. The van der Waals surface area contributed by atoms with Crippen LogP contribution in [-0.2, 0) is 0 Å². The van der Waals surface area contributed by atoms with Crippen molar-refractivity contribution in [3.63, 3.8) is 0 Å². The first-order valence-corrected chi connectivity index (χ1v) is 11.4. The summed E-state index contributed by atoms with van der Waals surface area (Å²) in [6.07, 6.45) is 17.9. The van der Waals surface area contributed by atoms with Crippen molar-refractivity contribution in [2.45, 2.75) is 119 Å². The Kier molecular flexibility index (Phi) is 16.2. The van der Waals surface area contributed by atoms with Crippen LogP contribution in [0.15, 0.2) is 0 Å². The van der Waals surface area contributed by atoms with E-state index in [1.54, 1.807) is 0 Å². The van der Waals surface area contributed by atoms with E-state index >= 15 is 0 Å². The molecular formula is C24H48Ce. The molecule has 25 heavy (non-hydrogen) atoms. The topological polar surface area (TPSA) is 0 Å². The average molecular weight is 477 g/mol. The van der Waals surface area contributed by atoms with Gasteiger partial charge in [-0.15, -0.1) is 0 Å². The van der Waals surface area contributed by atoms with Gasteiger partial charge in [0.1, 0.15) is 0 Å². The van der Waals surface area contributed by atoms with Crippen LogP contribution in [0.2, 0.25) is 0 Å². The maximum Gasteiger partial charge on any atom is 0 e. The maximum atomic E-state index is 2.34. The fourth-order valence-electron chi connectivity index (χ4n) is 4.87. The van der Waals surface area contributed by atoms with Crippen LogP contribution >= 0.6 is 0 Å². The van der Waals surface area contributed by atoms with Gasteiger partial charge in [-0.3, -0.25) is 0 Å². The van der Waals surface area contributed by atoms with Gasteiger partial charge in [0.25, 0.3) is 0 Å². The summed E-state index contributed by atoms with van der Waals surface area (Å²) in [5.74, 6) is 6.02. The van der Waals surface area contributed by atoms with Crippen molar-refractivity contribution < 1.29 is 41.7 Å². The molecule has 0 heterocycles. The largest absolute Gasteiger partial charge is 0.0625 e. The zero-order valence-corrected chi connectivity index (χ0v) is 21.6. The third-order valence-electron chi connectivity index (χ3n) is 7.03. The molecule has 0 unspecified atom stereocenters. The molecule has 0 aromatic carbocycles. The molecule has 0 bridgehead atoms. The number of hydrogen-bond acceptors (Lipinski definition) is 0. The molecule has 148 valence electrons. The van der Waals surface area contributed by atoms with Crippen LogP contribution in [0.1, 0.15) is 119 Å². The molecule has 3 aliphatic carbocycles. The van der Waals surface area contributed by atoms with E-state index in [0.29, 0.717) is 0 Å². The average Bonchev–Trinajstić information content (AvgIpc) is 3.29. The first kappa shape index (κ1) is 26.4. The molecule has 0 atom stereocenters. The van der Waals surface area contributed by atoms with E-state index < -0.39 is 0 Å². The van der Waals surface area contributed by atoms with E-state index in [4.69, 9.17) is 0 Å². The Morgan fingerprint density at radius 1 is 0.400 bits per heavy atom. The minimum atomic E-state index is 0. The zero-order valence-electron chi connectivity index (χ0n) is 18.4. The zero-order chi connectivity index (χ0) is 17.9. The summed E-state index contributed by atoms with van der Waals surface area (Å²) < 4.78 is 0. The second kappa shape index (κ2) is 15.3. The Hall–Kier alpha value is 1.38. The summed E-state index contributed by atoms with van der Waals surface area (Å²) in [5, 5.41) is 0.